The van der Waals surface area contributed by atoms with E-state index in [2.05, 4.69) is 22.8 Å². The molecule has 5 rings (SSSR count). The number of aryl methyl sites for hydroxylation is 1. The van der Waals surface area contributed by atoms with Gasteiger partial charge in [-0.25, -0.2) is 4.39 Å². The van der Waals surface area contributed by atoms with E-state index in [0.29, 0.717) is 16.0 Å². The number of hydrogen-bond acceptors (Lipinski definition) is 2. The molecular weight excluding hydrogens is 406 g/mol. The second-order valence-corrected chi connectivity index (χ2v) is 9.84. The molecule has 0 N–H and O–H groups in total. The van der Waals surface area contributed by atoms with E-state index in [1.165, 1.54) is 18.4 Å². The first-order valence-corrected chi connectivity index (χ1v) is 11.5. The SMILES string of the molecule is CC1CCN(C2CCc3cc(C4CN(c5c(Cl)cccc5Cl)C4)cc(F)c32)CC1. The predicted molar refractivity (Wildman–Crippen MR) is 119 cm³/mol. The predicted octanol–water partition coefficient (Wildman–Crippen LogP) is 6.46. The van der Waals surface area contributed by atoms with Crippen molar-refractivity contribution in [3.05, 3.63) is 62.9 Å². The number of hydrogen-bond donors (Lipinski definition) is 0. The molecule has 2 aliphatic heterocycles. The molecule has 0 spiro atoms. The zero-order chi connectivity index (χ0) is 20.1. The zero-order valence-corrected chi connectivity index (χ0v) is 18.3. The Bertz CT molecular complexity index is 897. The van der Waals surface area contributed by atoms with E-state index in [4.69, 9.17) is 23.2 Å². The van der Waals surface area contributed by atoms with Crippen LogP contribution in [0, 0.1) is 11.7 Å². The molecule has 29 heavy (non-hydrogen) atoms. The Hall–Kier alpha value is -1.29. The summed E-state index contributed by atoms with van der Waals surface area (Å²) >= 11 is 12.7. The first-order valence-electron chi connectivity index (χ1n) is 10.8. The highest BCUT2D eigenvalue weighted by Gasteiger charge is 2.36. The third-order valence-corrected chi connectivity index (χ3v) is 7.73. The molecule has 2 aromatic carbocycles. The van der Waals surface area contributed by atoms with Crippen LogP contribution in [0.4, 0.5) is 10.1 Å². The molecule has 2 saturated heterocycles. The van der Waals surface area contributed by atoms with Gasteiger partial charge in [0.15, 0.2) is 0 Å². The lowest BCUT2D eigenvalue weighted by Crippen LogP contribution is -2.45. The van der Waals surface area contributed by atoms with E-state index in [1.807, 2.05) is 18.2 Å². The monoisotopic (exact) mass is 432 g/mol. The van der Waals surface area contributed by atoms with Crippen LogP contribution in [-0.2, 0) is 6.42 Å². The van der Waals surface area contributed by atoms with Gasteiger partial charge < -0.3 is 4.90 Å². The molecular formula is C24H27Cl2FN2. The summed E-state index contributed by atoms with van der Waals surface area (Å²) in [5, 5.41) is 1.35. The van der Waals surface area contributed by atoms with Crippen molar-refractivity contribution in [1.29, 1.82) is 0 Å². The van der Waals surface area contributed by atoms with Crippen molar-refractivity contribution >= 4 is 28.9 Å². The number of fused-ring (bicyclic) bond motifs is 1. The van der Waals surface area contributed by atoms with Crippen molar-refractivity contribution < 1.29 is 4.39 Å². The molecule has 3 aliphatic rings. The lowest BCUT2D eigenvalue weighted by atomic mass is 9.88. The maximum absolute atomic E-state index is 15.2. The maximum atomic E-state index is 15.2. The van der Waals surface area contributed by atoms with Crippen LogP contribution in [0.3, 0.4) is 0 Å². The molecule has 1 atom stereocenters. The van der Waals surface area contributed by atoms with Crippen molar-refractivity contribution in [1.82, 2.24) is 4.90 Å². The Kier molecular flexibility index (Phi) is 5.26. The number of piperidine rings is 1. The smallest absolute Gasteiger partial charge is 0.128 e. The molecule has 2 aromatic rings. The van der Waals surface area contributed by atoms with E-state index in [9.17, 15) is 0 Å². The summed E-state index contributed by atoms with van der Waals surface area (Å²) in [5.41, 5.74) is 4.20. The molecule has 0 bridgehead atoms. The van der Waals surface area contributed by atoms with Crippen molar-refractivity contribution in [3.8, 4) is 0 Å². The number of anilines is 1. The van der Waals surface area contributed by atoms with Crippen LogP contribution in [0.1, 0.15) is 54.8 Å². The number of halogens is 3. The average molecular weight is 433 g/mol. The van der Waals surface area contributed by atoms with E-state index in [0.717, 1.165) is 61.8 Å². The summed E-state index contributed by atoms with van der Waals surface area (Å²) < 4.78 is 15.2. The van der Waals surface area contributed by atoms with Gasteiger partial charge in [-0.3, -0.25) is 4.90 Å². The first-order chi connectivity index (χ1) is 14.0. The van der Waals surface area contributed by atoms with Crippen LogP contribution >= 0.6 is 23.2 Å². The lowest BCUT2D eigenvalue weighted by molar-refractivity contribution is 0.135. The fraction of sp³-hybridized carbons (Fsp3) is 0.500. The third kappa shape index (κ3) is 3.56. The van der Waals surface area contributed by atoms with Crippen molar-refractivity contribution in [2.24, 2.45) is 5.92 Å². The number of para-hydroxylation sites is 1. The Morgan fingerprint density at radius 1 is 1.00 bits per heavy atom. The Morgan fingerprint density at radius 2 is 1.69 bits per heavy atom. The molecule has 0 aromatic heterocycles. The molecule has 5 heteroatoms. The molecule has 0 radical (unpaired) electrons. The van der Waals surface area contributed by atoms with E-state index in [1.54, 1.807) is 6.07 Å². The first kappa shape index (κ1) is 19.7. The highest BCUT2D eigenvalue weighted by Crippen LogP contribution is 2.43. The Balaban J connectivity index is 1.32. The van der Waals surface area contributed by atoms with Crippen LogP contribution in [-0.4, -0.2) is 31.1 Å². The molecule has 1 unspecified atom stereocenters. The van der Waals surface area contributed by atoms with E-state index >= 15 is 4.39 Å². The summed E-state index contributed by atoms with van der Waals surface area (Å²) in [4.78, 5) is 4.71. The minimum atomic E-state index is -0.00662. The van der Waals surface area contributed by atoms with Gasteiger partial charge in [0.2, 0.25) is 0 Å². The highest BCUT2D eigenvalue weighted by molar-refractivity contribution is 6.39. The van der Waals surface area contributed by atoms with Gasteiger partial charge in [-0.2, -0.15) is 0 Å². The highest BCUT2D eigenvalue weighted by atomic mass is 35.5. The molecule has 154 valence electrons. The van der Waals surface area contributed by atoms with E-state index in [-0.39, 0.29) is 11.9 Å². The molecule has 1 aliphatic carbocycles. The Labute approximate surface area is 182 Å². The van der Waals surface area contributed by atoms with Gasteiger partial charge >= 0.3 is 0 Å². The van der Waals surface area contributed by atoms with Crippen LogP contribution in [0.2, 0.25) is 10.0 Å². The summed E-state index contributed by atoms with van der Waals surface area (Å²) in [5.74, 6) is 1.12. The van der Waals surface area contributed by atoms with Crippen molar-refractivity contribution in [2.75, 3.05) is 31.1 Å². The average Bonchev–Trinajstić information content (AvgIpc) is 3.08. The van der Waals surface area contributed by atoms with Crippen LogP contribution in [0.15, 0.2) is 30.3 Å². The normalized spacial score (nSPS) is 23.3. The fourth-order valence-electron chi connectivity index (χ4n) is 5.32. The number of nitrogens with zero attached hydrogens (tertiary/aromatic N) is 2. The van der Waals surface area contributed by atoms with Crippen LogP contribution in [0.5, 0.6) is 0 Å². The number of benzene rings is 2. The lowest BCUT2D eigenvalue weighted by Gasteiger charge is -2.42. The van der Waals surface area contributed by atoms with Crippen LogP contribution < -0.4 is 4.90 Å². The summed E-state index contributed by atoms with van der Waals surface area (Å²) in [6.07, 6.45) is 4.50. The summed E-state index contributed by atoms with van der Waals surface area (Å²) in [6.45, 7) is 6.18. The topological polar surface area (TPSA) is 6.48 Å². The molecule has 2 fully saturated rings. The second kappa shape index (κ2) is 7.76. The van der Waals surface area contributed by atoms with Gasteiger partial charge in [0.05, 0.1) is 15.7 Å². The van der Waals surface area contributed by atoms with Gasteiger partial charge in [0, 0.05) is 30.6 Å². The quantitative estimate of drug-likeness (QED) is 0.549. The summed E-state index contributed by atoms with van der Waals surface area (Å²) in [7, 11) is 0. The van der Waals surface area contributed by atoms with Crippen molar-refractivity contribution in [3.63, 3.8) is 0 Å². The van der Waals surface area contributed by atoms with Gasteiger partial charge in [-0.1, -0.05) is 42.3 Å². The Morgan fingerprint density at radius 3 is 2.38 bits per heavy atom. The summed E-state index contributed by atoms with van der Waals surface area (Å²) in [6, 6.07) is 9.92. The molecule has 0 amide bonds. The largest absolute Gasteiger partial charge is 0.368 e. The zero-order valence-electron chi connectivity index (χ0n) is 16.8. The van der Waals surface area contributed by atoms with E-state index < -0.39 is 0 Å². The minimum Gasteiger partial charge on any atom is -0.368 e. The third-order valence-electron chi connectivity index (χ3n) is 7.12. The van der Waals surface area contributed by atoms with Gasteiger partial charge in [-0.15, -0.1) is 0 Å². The standard InChI is InChI=1S/C24H27Cl2FN2/c1-15-7-9-28(10-8-15)22-6-5-16-11-17(12-21(27)23(16)22)18-13-29(14-18)24-19(25)3-2-4-20(24)26/h2-4,11-12,15,18,22H,5-10,13-14H2,1H3. The van der Waals surface area contributed by atoms with Gasteiger partial charge in [0.25, 0.3) is 0 Å². The fourth-order valence-corrected chi connectivity index (χ4v) is 5.96. The number of rotatable bonds is 3. The minimum absolute atomic E-state index is 0.00662. The van der Waals surface area contributed by atoms with Gasteiger partial charge in [-0.05, 0) is 74.0 Å². The molecule has 2 nitrogen and oxygen atoms in total. The molecule has 2 heterocycles. The maximum Gasteiger partial charge on any atom is 0.128 e. The van der Waals surface area contributed by atoms with Crippen molar-refractivity contribution in [2.45, 2.75) is 44.6 Å². The van der Waals surface area contributed by atoms with Crippen LogP contribution in [0.25, 0.3) is 0 Å². The molecule has 0 saturated carbocycles. The van der Waals surface area contributed by atoms with Gasteiger partial charge in [0.1, 0.15) is 5.82 Å². The second-order valence-electron chi connectivity index (χ2n) is 9.02. The number of likely N-dealkylation sites (tertiary alicyclic amines) is 1.